The number of nitriles is 1. The number of halogens is 1. The van der Waals surface area contributed by atoms with E-state index in [1.807, 2.05) is 24.3 Å². The number of carbonyl (C=O) groups is 1. The lowest BCUT2D eigenvalue weighted by atomic mass is 9.82. The van der Waals surface area contributed by atoms with Gasteiger partial charge in [0.2, 0.25) is 5.88 Å². The van der Waals surface area contributed by atoms with Crippen molar-refractivity contribution < 1.29 is 24.1 Å². The molecular weight excluding hydrogens is 488 g/mol. The average Bonchev–Trinajstić information content (AvgIpc) is 2.82. The van der Waals surface area contributed by atoms with E-state index in [-0.39, 0.29) is 23.8 Å². The molecule has 0 saturated carbocycles. The first-order valence-corrected chi connectivity index (χ1v) is 10.7. The van der Waals surface area contributed by atoms with Crippen molar-refractivity contribution in [2.45, 2.75) is 12.5 Å². The van der Waals surface area contributed by atoms with Crippen LogP contribution in [-0.2, 0) is 16.1 Å². The number of fused-ring (bicyclic) bond motifs is 1. The lowest BCUT2D eigenvalue weighted by Crippen LogP contribution is -2.27. The number of carbonyl (C=O) groups excluding carboxylic acids is 1. The molecule has 166 valence electrons. The topological polar surface area (TPSA) is 115 Å². The Kier molecular flexibility index (Phi) is 6.24. The van der Waals surface area contributed by atoms with E-state index in [0.717, 1.165) is 10.0 Å². The fraction of sp³-hybridized carbons (Fsp3) is 0.120. The molecule has 1 heterocycles. The molecule has 8 heteroatoms. The molecule has 0 saturated heterocycles. The van der Waals surface area contributed by atoms with E-state index in [2.05, 4.69) is 22.0 Å². The molecule has 0 unspecified atom stereocenters. The summed E-state index contributed by atoms with van der Waals surface area (Å²) in [5.41, 5.74) is 8.74. The Morgan fingerprint density at radius 3 is 2.73 bits per heavy atom. The summed E-state index contributed by atoms with van der Waals surface area (Å²) in [5, 5.41) is 19.3. The molecule has 3 N–H and O–H groups in total. The van der Waals surface area contributed by atoms with Gasteiger partial charge in [-0.2, -0.15) is 5.26 Å². The molecule has 0 amide bonds. The first-order valence-electron chi connectivity index (χ1n) is 9.92. The largest absolute Gasteiger partial charge is 0.508 e. The number of rotatable bonds is 5. The maximum absolute atomic E-state index is 12.7. The Morgan fingerprint density at radius 1 is 1.18 bits per heavy atom. The van der Waals surface area contributed by atoms with Crippen molar-refractivity contribution in [3.63, 3.8) is 0 Å². The van der Waals surface area contributed by atoms with Gasteiger partial charge in [0.25, 0.3) is 0 Å². The highest BCUT2D eigenvalue weighted by Gasteiger charge is 2.37. The summed E-state index contributed by atoms with van der Waals surface area (Å²) in [6, 6.07) is 19.4. The molecule has 0 radical (unpaired) electrons. The van der Waals surface area contributed by atoms with Crippen LogP contribution in [-0.4, -0.2) is 18.2 Å². The summed E-state index contributed by atoms with van der Waals surface area (Å²) < 4.78 is 17.5. The zero-order valence-corrected chi connectivity index (χ0v) is 19.1. The third-order valence-corrected chi connectivity index (χ3v) is 5.78. The van der Waals surface area contributed by atoms with Crippen molar-refractivity contribution in [3.05, 3.63) is 98.8 Å². The Hall–Kier alpha value is -3.96. The average molecular weight is 507 g/mol. The molecule has 3 aromatic rings. The summed E-state index contributed by atoms with van der Waals surface area (Å²) in [7, 11) is 1.27. The molecule has 0 aromatic heterocycles. The lowest BCUT2D eigenvalue weighted by Gasteiger charge is -2.29. The highest BCUT2D eigenvalue weighted by atomic mass is 79.9. The van der Waals surface area contributed by atoms with E-state index in [1.54, 1.807) is 24.3 Å². The van der Waals surface area contributed by atoms with Crippen molar-refractivity contribution >= 4 is 21.9 Å². The standard InChI is InChI=1S/C25H19BrN2O5/c1-31-25(30)23-22(18-8-7-17(29)11-21(18)33-24(23)28)19-10-16(26)6-9-20(19)32-13-15-5-3-2-4-14(15)12-27/h2-11,22,29H,13,28H2,1H3/t22-/m1/s1. The predicted octanol–water partition coefficient (Wildman–Crippen LogP) is 4.47. The molecule has 4 rings (SSSR count). The van der Waals surface area contributed by atoms with Crippen LogP contribution < -0.4 is 15.2 Å². The summed E-state index contributed by atoms with van der Waals surface area (Å²) in [6.07, 6.45) is 0. The molecular formula is C25H19BrN2O5. The molecule has 3 aromatic carbocycles. The van der Waals surface area contributed by atoms with Gasteiger partial charge >= 0.3 is 5.97 Å². The number of aromatic hydroxyl groups is 1. The number of phenols is 1. The van der Waals surface area contributed by atoms with Crippen LogP contribution in [0.15, 0.2) is 76.6 Å². The van der Waals surface area contributed by atoms with E-state index >= 15 is 0 Å². The van der Waals surface area contributed by atoms with Gasteiger partial charge in [-0.1, -0.05) is 40.2 Å². The smallest absolute Gasteiger partial charge is 0.340 e. The molecule has 33 heavy (non-hydrogen) atoms. The van der Waals surface area contributed by atoms with Gasteiger partial charge in [0.1, 0.15) is 29.4 Å². The number of nitrogens with two attached hydrogens (primary N) is 1. The quantitative estimate of drug-likeness (QED) is 0.490. The highest BCUT2D eigenvalue weighted by molar-refractivity contribution is 9.10. The van der Waals surface area contributed by atoms with Crippen LogP contribution in [0.2, 0.25) is 0 Å². The number of nitrogens with zero attached hydrogens (tertiary/aromatic N) is 1. The SMILES string of the molecule is COC(=O)C1=C(N)Oc2cc(O)ccc2[C@@H]1c1cc(Br)ccc1OCc1ccccc1C#N. The minimum Gasteiger partial charge on any atom is -0.508 e. The zero-order chi connectivity index (χ0) is 23.5. The van der Waals surface area contributed by atoms with Gasteiger partial charge in [-0.3, -0.25) is 0 Å². The number of methoxy groups -OCH3 is 1. The fourth-order valence-electron chi connectivity index (χ4n) is 3.76. The van der Waals surface area contributed by atoms with Gasteiger partial charge in [-0.25, -0.2) is 4.79 Å². The Balaban J connectivity index is 1.84. The van der Waals surface area contributed by atoms with E-state index in [0.29, 0.717) is 28.2 Å². The third-order valence-electron chi connectivity index (χ3n) is 5.29. The van der Waals surface area contributed by atoms with E-state index in [9.17, 15) is 15.2 Å². The number of ether oxygens (including phenoxy) is 3. The molecule has 0 fully saturated rings. The fourth-order valence-corrected chi connectivity index (χ4v) is 4.14. The van der Waals surface area contributed by atoms with E-state index in [4.69, 9.17) is 19.9 Å². The molecule has 0 bridgehead atoms. The van der Waals surface area contributed by atoms with E-state index < -0.39 is 11.9 Å². The first-order chi connectivity index (χ1) is 15.9. The second-order valence-corrected chi connectivity index (χ2v) is 8.18. The third kappa shape index (κ3) is 4.36. The Labute approximate surface area is 198 Å². The summed E-state index contributed by atoms with van der Waals surface area (Å²) >= 11 is 3.49. The van der Waals surface area contributed by atoms with Crippen LogP contribution >= 0.6 is 15.9 Å². The molecule has 1 aliphatic rings. The number of benzene rings is 3. The van der Waals surface area contributed by atoms with Crippen molar-refractivity contribution in [3.8, 4) is 23.3 Å². The Morgan fingerprint density at radius 2 is 1.97 bits per heavy atom. The maximum Gasteiger partial charge on any atom is 0.340 e. The molecule has 1 aliphatic heterocycles. The van der Waals surface area contributed by atoms with Gasteiger partial charge in [0.15, 0.2) is 0 Å². The molecule has 0 spiro atoms. The van der Waals surface area contributed by atoms with Crippen molar-refractivity contribution in [2.75, 3.05) is 7.11 Å². The maximum atomic E-state index is 12.7. The Bertz CT molecular complexity index is 1310. The van der Waals surface area contributed by atoms with Crippen LogP contribution in [0, 0.1) is 11.3 Å². The number of hydrogen-bond acceptors (Lipinski definition) is 7. The van der Waals surface area contributed by atoms with Crippen LogP contribution in [0.4, 0.5) is 0 Å². The van der Waals surface area contributed by atoms with Crippen molar-refractivity contribution in [1.29, 1.82) is 5.26 Å². The summed E-state index contributed by atoms with van der Waals surface area (Å²) in [4.78, 5) is 12.7. The summed E-state index contributed by atoms with van der Waals surface area (Å²) in [6.45, 7) is 0.150. The second kappa shape index (κ2) is 9.27. The predicted molar refractivity (Wildman–Crippen MR) is 123 cm³/mol. The minimum atomic E-state index is -0.680. The monoisotopic (exact) mass is 506 g/mol. The van der Waals surface area contributed by atoms with Crippen LogP contribution in [0.1, 0.15) is 28.2 Å². The molecule has 7 nitrogen and oxygen atoms in total. The molecule has 0 aliphatic carbocycles. The van der Waals surface area contributed by atoms with Gasteiger partial charge in [0, 0.05) is 27.2 Å². The first kappa shape index (κ1) is 22.2. The summed E-state index contributed by atoms with van der Waals surface area (Å²) in [5.74, 6) is -0.624. The second-order valence-electron chi connectivity index (χ2n) is 7.27. The van der Waals surface area contributed by atoms with Gasteiger partial charge in [0.05, 0.1) is 24.7 Å². The molecule has 1 atom stereocenters. The highest BCUT2D eigenvalue weighted by Crippen LogP contribution is 2.47. The van der Waals surface area contributed by atoms with Crippen molar-refractivity contribution in [2.24, 2.45) is 5.73 Å². The number of phenolic OH excluding ortho intramolecular Hbond substituents is 1. The lowest BCUT2D eigenvalue weighted by molar-refractivity contribution is -0.136. The normalized spacial score (nSPS) is 14.6. The van der Waals surface area contributed by atoms with Gasteiger partial charge in [-0.05, 0) is 30.3 Å². The van der Waals surface area contributed by atoms with Crippen LogP contribution in [0.5, 0.6) is 17.2 Å². The van der Waals surface area contributed by atoms with Gasteiger partial charge in [-0.15, -0.1) is 0 Å². The zero-order valence-electron chi connectivity index (χ0n) is 17.5. The minimum absolute atomic E-state index is 0.000597. The van der Waals surface area contributed by atoms with Gasteiger partial charge < -0.3 is 25.1 Å². The number of esters is 1. The number of hydrogen-bond donors (Lipinski definition) is 2. The van der Waals surface area contributed by atoms with Crippen LogP contribution in [0.25, 0.3) is 0 Å². The van der Waals surface area contributed by atoms with Crippen LogP contribution in [0.3, 0.4) is 0 Å². The van der Waals surface area contributed by atoms with E-state index in [1.165, 1.54) is 19.2 Å². The van der Waals surface area contributed by atoms with Crippen molar-refractivity contribution in [1.82, 2.24) is 0 Å².